The number of phenols is 1. The van der Waals surface area contributed by atoms with Gasteiger partial charge in [-0.15, -0.1) is 0 Å². The summed E-state index contributed by atoms with van der Waals surface area (Å²) >= 11 is 0. The molecule has 232 valence electrons. The molecular formula is C33H49N3O6. The van der Waals surface area contributed by atoms with Crippen molar-refractivity contribution in [2.45, 2.75) is 98.3 Å². The second kappa shape index (κ2) is 16.0. The molecule has 0 fully saturated rings. The van der Waals surface area contributed by atoms with Gasteiger partial charge in [0.1, 0.15) is 29.2 Å². The number of alkyl carbamates (subject to hydrolysis) is 1. The molecule has 9 nitrogen and oxygen atoms in total. The summed E-state index contributed by atoms with van der Waals surface area (Å²) in [6, 6.07) is 9.90. The van der Waals surface area contributed by atoms with Gasteiger partial charge in [-0.05, 0) is 87.6 Å². The molecule has 0 aromatic heterocycles. The summed E-state index contributed by atoms with van der Waals surface area (Å²) in [4.78, 5) is 42.7. The van der Waals surface area contributed by atoms with E-state index in [2.05, 4.69) is 17.6 Å². The molecule has 0 bridgehead atoms. The zero-order chi connectivity index (χ0) is 31.4. The number of ether oxygens (including phenoxy) is 2. The summed E-state index contributed by atoms with van der Waals surface area (Å²) < 4.78 is 10.7. The molecule has 9 heteroatoms. The van der Waals surface area contributed by atoms with Crippen LogP contribution in [0.4, 0.5) is 10.5 Å². The lowest BCUT2D eigenvalue weighted by molar-refractivity contribution is -0.141. The van der Waals surface area contributed by atoms with E-state index in [4.69, 9.17) is 9.47 Å². The number of hydrogen-bond donors (Lipinski definition) is 3. The number of phenolic OH excluding ortho intramolecular Hbond substituents is 1. The molecule has 0 spiro atoms. The molecule has 0 aliphatic heterocycles. The van der Waals surface area contributed by atoms with Crippen molar-refractivity contribution >= 4 is 23.6 Å². The lowest BCUT2D eigenvalue weighted by Gasteiger charge is -2.36. The van der Waals surface area contributed by atoms with Gasteiger partial charge >= 0.3 is 6.09 Å². The van der Waals surface area contributed by atoms with Crippen LogP contribution in [0.3, 0.4) is 0 Å². The van der Waals surface area contributed by atoms with E-state index in [-0.39, 0.29) is 17.6 Å². The minimum Gasteiger partial charge on any atom is -0.508 e. The minimum absolute atomic E-state index is 0.0946. The largest absolute Gasteiger partial charge is 0.508 e. The van der Waals surface area contributed by atoms with Crippen LogP contribution in [0.1, 0.15) is 90.8 Å². The van der Waals surface area contributed by atoms with Crippen LogP contribution in [-0.2, 0) is 14.3 Å². The van der Waals surface area contributed by atoms with Gasteiger partial charge in [-0.2, -0.15) is 0 Å². The Kier molecular flexibility index (Phi) is 13.2. The highest BCUT2D eigenvalue weighted by atomic mass is 16.6. The van der Waals surface area contributed by atoms with Crippen LogP contribution in [0.2, 0.25) is 0 Å². The van der Waals surface area contributed by atoms with Gasteiger partial charge in [0.05, 0.1) is 7.11 Å². The van der Waals surface area contributed by atoms with E-state index in [9.17, 15) is 19.5 Å². The van der Waals surface area contributed by atoms with Crippen LogP contribution in [0.5, 0.6) is 11.5 Å². The van der Waals surface area contributed by atoms with Crippen molar-refractivity contribution in [3.05, 3.63) is 53.6 Å². The number of nitrogens with zero attached hydrogens (tertiary/aromatic N) is 1. The molecule has 0 radical (unpaired) electrons. The van der Waals surface area contributed by atoms with Gasteiger partial charge in [-0.3, -0.25) is 9.59 Å². The van der Waals surface area contributed by atoms with E-state index in [1.54, 1.807) is 76.1 Å². The van der Waals surface area contributed by atoms with E-state index < -0.39 is 29.7 Å². The number of nitrogens with one attached hydrogen (secondary N) is 2. The number of aryl methyl sites for hydroxylation is 1. The average Bonchev–Trinajstić information content (AvgIpc) is 2.91. The maximum Gasteiger partial charge on any atom is 0.408 e. The number of hydrogen-bond acceptors (Lipinski definition) is 6. The summed E-state index contributed by atoms with van der Waals surface area (Å²) in [6.45, 7) is 13.2. The number of amides is 3. The van der Waals surface area contributed by atoms with Gasteiger partial charge < -0.3 is 30.1 Å². The van der Waals surface area contributed by atoms with Gasteiger partial charge in [-0.1, -0.05) is 52.5 Å². The Morgan fingerprint density at radius 2 is 1.62 bits per heavy atom. The predicted molar refractivity (Wildman–Crippen MR) is 166 cm³/mol. The van der Waals surface area contributed by atoms with E-state index >= 15 is 0 Å². The predicted octanol–water partition coefficient (Wildman–Crippen LogP) is 6.74. The minimum atomic E-state index is -1.02. The monoisotopic (exact) mass is 583 g/mol. The van der Waals surface area contributed by atoms with E-state index in [0.29, 0.717) is 35.5 Å². The zero-order valence-corrected chi connectivity index (χ0v) is 26.5. The van der Waals surface area contributed by atoms with Gasteiger partial charge in [-0.25, -0.2) is 4.79 Å². The summed E-state index contributed by atoms with van der Waals surface area (Å²) in [5.74, 6) is -0.328. The first-order valence-electron chi connectivity index (χ1n) is 14.8. The van der Waals surface area contributed by atoms with E-state index in [0.717, 1.165) is 25.7 Å². The van der Waals surface area contributed by atoms with Crippen molar-refractivity contribution in [2.75, 3.05) is 19.0 Å². The molecule has 42 heavy (non-hydrogen) atoms. The fraction of sp³-hybridized carbons (Fsp3) is 0.545. The summed E-state index contributed by atoms with van der Waals surface area (Å²) in [6.07, 6.45) is 4.07. The van der Waals surface area contributed by atoms with Gasteiger partial charge in [0.15, 0.2) is 0 Å². The quantitative estimate of drug-likeness (QED) is 0.212. The third-order valence-corrected chi connectivity index (χ3v) is 6.84. The first kappa shape index (κ1) is 34.5. The van der Waals surface area contributed by atoms with Crippen LogP contribution < -0.4 is 15.4 Å². The highest BCUT2D eigenvalue weighted by Crippen LogP contribution is 2.29. The first-order valence-corrected chi connectivity index (χ1v) is 14.8. The Balaban J connectivity index is 2.54. The van der Waals surface area contributed by atoms with Crippen LogP contribution in [0, 0.1) is 12.8 Å². The number of methoxy groups -OCH3 is 1. The molecule has 3 amide bonds. The van der Waals surface area contributed by atoms with Crippen molar-refractivity contribution in [1.29, 1.82) is 0 Å². The Hall–Kier alpha value is -3.75. The molecule has 2 aromatic carbocycles. The van der Waals surface area contributed by atoms with Crippen LogP contribution in [-0.4, -0.2) is 53.2 Å². The number of carbonyl (C=O) groups excluding carboxylic acids is 3. The fourth-order valence-corrected chi connectivity index (χ4v) is 4.59. The molecule has 0 saturated carbocycles. The molecule has 2 atom stereocenters. The van der Waals surface area contributed by atoms with E-state index in [1.807, 2.05) is 13.8 Å². The first-order chi connectivity index (χ1) is 19.8. The molecule has 0 aliphatic carbocycles. The second-order valence-corrected chi connectivity index (χ2v) is 12.0. The fourth-order valence-electron chi connectivity index (χ4n) is 4.59. The smallest absolute Gasteiger partial charge is 0.408 e. The Labute approximate surface area is 251 Å². The summed E-state index contributed by atoms with van der Waals surface area (Å²) in [7, 11) is 1.57. The van der Waals surface area contributed by atoms with Gasteiger partial charge in [0.2, 0.25) is 5.91 Å². The normalized spacial score (nSPS) is 12.8. The molecule has 2 unspecified atom stereocenters. The lowest BCUT2D eigenvalue weighted by Crippen LogP contribution is -2.54. The molecule has 2 aromatic rings. The van der Waals surface area contributed by atoms with Crippen molar-refractivity contribution in [3.8, 4) is 11.5 Å². The Morgan fingerprint density at radius 3 is 2.17 bits per heavy atom. The topological polar surface area (TPSA) is 117 Å². The van der Waals surface area contributed by atoms with Gasteiger partial charge in [0, 0.05) is 12.2 Å². The Morgan fingerprint density at radius 1 is 0.976 bits per heavy atom. The number of aromatic hydroxyl groups is 1. The SMILES string of the molecule is CCCCCCCN(C(=O)C(NC(=O)OC(C)(C)C)C(C)C)C(C(=O)Nc1ccc(OC)cc1)c1ccc(O)c(C)c1. The number of anilines is 1. The van der Waals surface area contributed by atoms with Crippen LogP contribution in [0.25, 0.3) is 0 Å². The third-order valence-electron chi connectivity index (χ3n) is 6.84. The van der Waals surface area contributed by atoms with E-state index in [1.165, 1.54) is 6.07 Å². The van der Waals surface area contributed by atoms with Crippen molar-refractivity contribution in [2.24, 2.45) is 5.92 Å². The summed E-state index contributed by atoms with van der Waals surface area (Å²) in [5.41, 5.74) is 0.942. The summed E-state index contributed by atoms with van der Waals surface area (Å²) in [5, 5.41) is 15.9. The maximum absolute atomic E-state index is 14.3. The molecule has 2 rings (SSSR count). The highest BCUT2D eigenvalue weighted by Gasteiger charge is 2.37. The zero-order valence-electron chi connectivity index (χ0n) is 26.5. The Bertz CT molecular complexity index is 1170. The molecule has 3 N–H and O–H groups in total. The van der Waals surface area contributed by atoms with Crippen molar-refractivity contribution < 1.29 is 29.0 Å². The van der Waals surface area contributed by atoms with Crippen LogP contribution in [0.15, 0.2) is 42.5 Å². The highest BCUT2D eigenvalue weighted by molar-refractivity contribution is 5.99. The van der Waals surface area contributed by atoms with Crippen LogP contribution >= 0.6 is 0 Å². The molecule has 0 aliphatic rings. The van der Waals surface area contributed by atoms with Crippen molar-refractivity contribution in [1.82, 2.24) is 10.2 Å². The van der Waals surface area contributed by atoms with Gasteiger partial charge in [0.25, 0.3) is 5.91 Å². The number of benzene rings is 2. The third kappa shape index (κ3) is 10.6. The number of rotatable bonds is 14. The molecule has 0 saturated heterocycles. The maximum atomic E-state index is 14.3. The van der Waals surface area contributed by atoms with Crippen molar-refractivity contribution in [3.63, 3.8) is 0 Å². The standard InChI is InChI=1S/C33H49N3O6/c1-9-10-11-12-13-20-36(31(39)28(22(2)3)35-32(40)42-33(5,6)7)29(24-14-19-27(37)23(4)21-24)30(38)34-25-15-17-26(41-8)18-16-25/h14-19,21-22,28-29,37H,9-13,20H2,1-8H3,(H,34,38)(H,35,40). The number of carbonyl (C=O) groups is 3. The number of unbranched alkanes of at least 4 members (excludes halogenated alkanes) is 4. The second-order valence-electron chi connectivity index (χ2n) is 12.0. The molecule has 0 heterocycles. The molecular weight excluding hydrogens is 534 g/mol. The average molecular weight is 584 g/mol. The lowest BCUT2D eigenvalue weighted by atomic mass is 9.97.